The molecule has 1 saturated heterocycles. The minimum absolute atomic E-state index is 0.0866. The summed E-state index contributed by atoms with van der Waals surface area (Å²) in [6.07, 6.45) is 0. The Kier molecular flexibility index (Phi) is 5.03. The van der Waals surface area contributed by atoms with E-state index in [1.54, 1.807) is 0 Å². The van der Waals surface area contributed by atoms with Crippen LogP contribution in [0, 0.1) is 23.3 Å². The fourth-order valence-corrected chi connectivity index (χ4v) is 2.83. The van der Waals surface area contributed by atoms with Crippen LogP contribution in [0.2, 0.25) is 0 Å². The Hall–Kier alpha value is -2.41. The Labute approximate surface area is 142 Å². The molecule has 3 rings (SSSR count). The number of rotatable bonds is 3. The lowest BCUT2D eigenvalue weighted by Gasteiger charge is -2.34. The molecule has 1 amide bonds. The summed E-state index contributed by atoms with van der Waals surface area (Å²) in [6, 6.07) is 7.10. The van der Waals surface area contributed by atoms with E-state index in [9.17, 15) is 22.4 Å². The molecule has 0 atom stereocenters. The molecule has 0 saturated carbocycles. The molecule has 2 aromatic rings. The van der Waals surface area contributed by atoms with Gasteiger partial charge >= 0.3 is 0 Å². The van der Waals surface area contributed by atoms with E-state index in [1.807, 2.05) is 4.90 Å². The molecule has 3 nitrogen and oxygen atoms in total. The van der Waals surface area contributed by atoms with Gasteiger partial charge in [0.2, 0.25) is 0 Å². The predicted octanol–water partition coefficient (Wildman–Crippen LogP) is 3.20. The molecular weight excluding hydrogens is 336 g/mol. The number of nitrogens with zero attached hydrogens (tertiary/aromatic N) is 2. The fraction of sp³-hybridized carbons (Fsp3) is 0.278. The number of hydrogen-bond donors (Lipinski definition) is 0. The third-order valence-corrected chi connectivity index (χ3v) is 4.25. The molecule has 7 heteroatoms. The summed E-state index contributed by atoms with van der Waals surface area (Å²) in [5.41, 5.74) is 0.351. The minimum atomic E-state index is -1.06. The maximum absolute atomic E-state index is 13.7. The van der Waals surface area contributed by atoms with Crippen molar-refractivity contribution in [3.05, 3.63) is 70.8 Å². The van der Waals surface area contributed by atoms with Crippen LogP contribution in [0.3, 0.4) is 0 Å². The highest BCUT2D eigenvalue weighted by molar-refractivity contribution is 5.94. The molecule has 0 radical (unpaired) electrons. The van der Waals surface area contributed by atoms with Gasteiger partial charge in [-0.05, 0) is 24.3 Å². The zero-order valence-corrected chi connectivity index (χ0v) is 13.3. The highest BCUT2D eigenvalue weighted by Gasteiger charge is 2.23. The van der Waals surface area contributed by atoms with E-state index in [-0.39, 0.29) is 23.6 Å². The summed E-state index contributed by atoms with van der Waals surface area (Å²) in [5, 5.41) is 0. The van der Waals surface area contributed by atoms with E-state index >= 15 is 0 Å². The molecule has 0 bridgehead atoms. The van der Waals surface area contributed by atoms with Gasteiger partial charge in [0.25, 0.3) is 5.91 Å². The summed E-state index contributed by atoms with van der Waals surface area (Å²) < 4.78 is 53.2. The first-order chi connectivity index (χ1) is 12.0. The van der Waals surface area contributed by atoms with Crippen molar-refractivity contribution >= 4 is 5.91 Å². The number of piperazine rings is 1. The summed E-state index contributed by atoms with van der Waals surface area (Å²) in [5.74, 6) is -4.19. The van der Waals surface area contributed by atoms with Crippen molar-refractivity contribution in [2.24, 2.45) is 0 Å². The van der Waals surface area contributed by atoms with E-state index < -0.39 is 23.3 Å². The maximum Gasteiger partial charge on any atom is 0.254 e. The quantitative estimate of drug-likeness (QED) is 0.792. The molecule has 1 aliphatic rings. The van der Waals surface area contributed by atoms with Crippen molar-refractivity contribution in [3.8, 4) is 0 Å². The third-order valence-electron chi connectivity index (χ3n) is 4.25. The highest BCUT2D eigenvalue weighted by Crippen LogP contribution is 2.16. The van der Waals surface area contributed by atoms with Gasteiger partial charge in [-0.2, -0.15) is 0 Å². The van der Waals surface area contributed by atoms with Crippen molar-refractivity contribution in [2.45, 2.75) is 6.54 Å². The molecule has 1 aliphatic heterocycles. The lowest BCUT2D eigenvalue weighted by molar-refractivity contribution is 0.0626. The van der Waals surface area contributed by atoms with E-state index in [0.29, 0.717) is 26.2 Å². The Morgan fingerprint density at radius 3 is 2.28 bits per heavy atom. The van der Waals surface area contributed by atoms with Crippen LogP contribution in [-0.4, -0.2) is 41.9 Å². The third kappa shape index (κ3) is 3.82. The number of carbonyl (C=O) groups is 1. The van der Waals surface area contributed by atoms with Crippen LogP contribution in [0.15, 0.2) is 36.4 Å². The lowest BCUT2D eigenvalue weighted by atomic mass is 10.1. The zero-order valence-electron chi connectivity index (χ0n) is 13.3. The average Bonchev–Trinajstić information content (AvgIpc) is 2.61. The largest absolute Gasteiger partial charge is 0.336 e. The Morgan fingerprint density at radius 2 is 1.60 bits per heavy atom. The topological polar surface area (TPSA) is 23.6 Å². The molecule has 1 fully saturated rings. The molecular formula is C18H16F4N2O. The van der Waals surface area contributed by atoms with Crippen molar-refractivity contribution < 1.29 is 22.4 Å². The van der Waals surface area contributed by atoms with Crippen LogP contribution in [0.4, 0.5) is 17.6 Å². The lowest BCUT2D eigenvalue weighted by Crippen LogP contribution is -2.48. The maximum atomic E-state index is 13.7. The molecule has 0 unspecified atom stereocenters. The molecule has 1 heterocycles. The van der Waals surface area contributed by atoms with Crippen molar-refractivity contribution in [2.75, 3.05) is 26.2 Å². The first kappa shape index (κ1) is 17.4. The predicted molar refractivity (Wildman–Crippen MR) is 83.9 cm³/mol. The van der Waals surface area contributed by atoms with Gasteiger partial charge in [0.05, 0.1) is 0 Å². The Morgan fingerprint density at radius 1 is 0.880 bits per heavy atom. The second-order valence-electron chi connectivity index (χ2n) is 5.91. The molecule has 0 aromatic heterocycles. The van der Waals surface area contributed by atoms with Crippen LogP contribution in [0.1, 0.15) is 15.9 Å². The van der Waals surface area contributed by atoms with Gasteiger partial charge in [-0.15, -0.1) is 0 Å². The van der Waals surface area contributed by atoms with Crippen LogP contribution in [-0.2, 0) is 6.54 Å². The van der Waals surface area contributed by atoms with E-state index in [0.717, 1.165) is 18.2 Å². The monoisotopic (exact) mass is 352 g/mol. The van der Waals surface area contributed by atoms with Crippen LogP contribution in [0.25, 0.3) is 0 Å². The van der Waals surface area contributed by atoms with Gasteiger partial charge in [0, 0.05) is 43.9 Å². The second-order valence-corrected chi connectivity index (χ2v) is 5.91. The zero-order chi connectivity index (χ0) is 18.0. The first-order valence-corrected chi connectivity index (χ1v) is 7.85. The van der Waals surface area contributed by atoms with Gasteiger partial charge < -0.3 is 4.90 Å². The second kappa shape index (κ2) is 7.23. The smallest absolute Gasteiger partial charge is 0.254 e. The molecule has 2 aromatic carbocycles. The fourth-order valence-electron chi connectivity index (χ4n) is 2.83. The van der Waals surface area contributed by atoms with E-state index in [1.165, 1.54) is 23.1 Å². The number of halogens is 4. The standard InChI is InChI=1S/C18H16F4N2O/c19-14-5-4-12(10-16(14)21)18(25)24-8-6-23(7-9-24)11-13-2-1-3-15(20)17(13)22/h1-5,10H,6-9,11H2. The molecule has 0 aliphatic carbocycles. The van der Waals surface area contributed by atoms with Gasteiger partial charge in [0.15, 0.2) is 23.3 Å². The van der Waals surface area contributed by atoms with E-state index in [2.05, 4.69) is 0 Å². The number of amides is 1. The van der Waals surface area contributed by atoms with Crippen molar-refractivity contribution in [1.29, 1.82) is 0 Å². The Balaban J connectivity index is 1.60. The minimum Gasteiger partial charge on any atom is -0.336 e. The Bertz CT molecular complexity index is 789. The summed E-state index contributed by atoms with van der Waals surface area (Å²) >= 11 is 0. The molecule has 0 spiro atoms. The van der Waals surface area contributed by atoms with Crippen LogP contribution < -0.4 is 0 Å². The highest BCUT2D eigenvalue weighted by atomic mass is 19.2. The van der Waals surface area contributed by atoms with Gasteiger partial charge in [0.1, 0.15) is 0 Å². The van der Waals surface area contributed by atoms with Gasteiger partial charge in [-0.1, -0.05) is 12.1 Å². The number of hydrogen-bond acceptors (Lipinski definition) is 2. The van der Waals surface area contributed by atoms with E-state index in [4.69, 9.17) is 0 Å². The average molecular weight is 352 g/mol. The van der Waals surface area contributed by atoms with Crippen LogP contribution >= 0.6 is 0 Å². The van der Waals surface area contributed by atoms with Gasteiger partial charge in [-0.25, -0.2) is 17.6 Å². The summed E-state index contributed by atoms with van der Waals surface area (Å²) in [4.78, 5) is 15.8. The molecule has 0 N–H and O–H groups in total. The van der Waals surface area contributed by atoms with Gasteiger partial charge in [-0.3, -0.25) is 9.69 Å². The van der Waals surface area contributed by atoms with Crippen molar-refractivity contribution in [1.82, 2.24) is 9.80 Å². The van der Waals surface area contributed by atoms with Crippen molar-refractivity contribution in [3.63, 3.8) is 0 Å². The summed E-state index contributed by atoms with van der Waals surface area (Å²) in [6.45, 7) is 1.94. The number of carbonyl (C=O) groups excluding carboxylic acids is 1. The number of benzene rings is 2. The summed E-state index contributed by atoms with van der Waals surface area (Å²) in [7, 11) is 0. The van der Waals surface area contributed by atoms with Crippen LogP contribution in [0.5, 0.6) is 0 Å². The molecule has 132 valence electrons. The first-order valence-electron chi connectivity index (χ1n) is 7.85. The molecule has 25 heavy (non-hydrogen) atoms. The normalized spacial score (nSPS) is 15.4. The SMILES string of the molecule is O=C(c1ccc(F)c(F)c1)N1CCN(Cc2cccc(F)c2F)CC1.